The first kappa shape index (κ1) is 21.6. The Bertz CT molecular complexity index is 682. The van der Waals surface area contributed by atoms with Crippen LogP contribution in [0.25, 0.3) is 0 Å². The molecule has 1 aromatic heterocycles. The van der Waals surface area contributed by atoms with Crippen LogP contribution in [-0.2, 0) is 25.9 Å². The third-order valence-electron chi connectivity index (χ3n) is 2.97. The van der Waals surface area contributed by atoms with Gasteiger partial charge in [0, 0.05) is 6.07 Å². The highest BCUT2D eigenvalue weighted by atomic mass is 17.0. The van der Waals surface area contributed by atoms with E-state index in [0.29, 0.717) is 0 Å². The predicted octanol–water partition coefficient (Wildman–Crippen LogP) is -1.89. The number of rotatable bonds is 11. The molecule has 0 aliphatic rings. The van der Waals surface area contributed by atoms with E-state index in [9.17, 15) is 19.3 Å². The van der Waals surface area contributed by atoms with Gasteiger partial charge in [-0.15, -0.1) is 0 Å². The predicted molar refractivity (Wildman–Crippen MR) is 83.7 cm³/mol. The Morgan fingerprint density at radius 3 is 2.74 bits per heavy atom. The smallest absolute Gasteiger partial charge is 0.477 e. The molecule has 0 aromatic carbocycles. The number of pyridine rings is 1. The average molecular weight is 388 g/mol. The van der Waals surface area contributed by atoms with E-state index >= 15 is 0 Å². The van der Waals surface area contributed by atoms with Crippen molar-refractivity contribution in [3.63, 3.8) is 0 Å². The number of nitrogens with one attached hydrogen (secondary N) is 2. The van der Waals surface area contributed by atoms with Crippen molar-refractivity contribution < 1.29 is 48.7 Å². The van der Waals surface area contributed by atoms with Crippen molar-refractivity contribution in [1.82, 2.24) is 10.6 Å². The Kier molecular flexibility index (Phi) is 8.94. The van der Waals surface area contributed by atoms with Crippen LogP contribution in [0.2, 0.25) is 0 Å². The second kappa shape index (κ2) is 11.2. The van der Waals surface area contributed by atoms with Crippen LogP contribution in [0.1, 0.15) is 10.4 Å². The van der Waals surface area contributed by atoms with Crippen LogP contribution < -0.4 is 15.2 Å². The lowest BCUT2D eigenvalue weighted by Crippen LogP contribution is -2.45. The maximum absolute atomic E-state index is 12.0. The lowest BCUT2D eigenvalue weighted by molar-refractivity contribution is -0.976. The number of aromatic nitrogens is 1. The summed E-state index contributed by atoms with van der Waals surface area (Å²) in [6.07, 6.45) is 1.86. The van der Waals surface area contributed by atoms with E-state index < -0.39 is 30.6 Å². The van der Waals surface area contributed by atoms with Crippen LogP contribution in [-0.4, -0.2) is 66.2 Å². The summed E-state index contributed by atoms with van der Waals surface area (Å²) < 4.78 is 6.18. The van der Waals surface area contributed by atoms with Crippen LogP contribution in [0.5, 0.6) is 0 Å². The zero-order valence-electron chi connectivity index (χ0n) is 14.4. The summed E-state index contributed by atoms with van der Waals surface area (Å²) in [5, 5.41) is 21.9. The normalized spacial score (nSPS) is 11.0. The second-order valence-corrected chi connectivity index (χ2v) is 4.88. The molecule has 148 valence electrons. The van der Waals surface area contributed by atoms with Gasteiger partial charge in [0.1, 0.15) is 10.5 Å². The fraction of sp³-hybridized carbons (Fsp3) is 0.429. The Balaban J connectivity index is 2.48. The molecule has 0 spiro atoms. The monoisotopic (exact) mass is 388 g/mol. The first-order chi connectivity index (χ1) is 12.9. The fourth-order valence-electron chi connectivity index (χ4n) is 1.68. The van der Waals surface area contributed by atoms with Crippen molar-refractivity contribution in [2.24, 2.45) is 0 Å². The zero-order valence-corrected chi connectivity index (χ0v) is 14.4. The number of aliphatic hydroxyl groups excluding tert-OH is 1. The number of hydrogen-bond donors (Lipinski definition) is 4. The van der Waals surface area contributed by atoms with Crippen LogP contribution in [0, 0.1) is 4.91 Å². The number of ether oxygens (including phenoxy) is 1. The van der Waals surface area contributed by atoms with Crippen molar-refractivity contribution in [3.05, 3.63) is 35.0 Å². The first-order valence-electron chi connectivity index (χ1n) is 7.56. The summed E-state index contributed by atoms with van der Waals surface area (Å²) in [6, 6.07) is 1.56. The molecule has 27 heavy (non-hydrogen) atoms. The minimum atomic E-state index is -1.48. The van der Waals surface area contributed by atoms with E-state index in [0.717, 1.165) is 7.11 Å². The molecular formula is C14H20N4O9+2. The number of carbonyl (C=O) groups excluding carboxylic acids is 2. The molecule has 0 bridgehead atoms. The molecule has 0 saturated heterocycles. The molecule has 0 saturated carbocycles. The Labute approximate surface area is 152 Å². The maximum Gasteiger partial charge on any atom is 0.477 e. The Hall–Kier alpha value is -3.48. The van der Waals surface area contributed by atoms with Gasteiger partial charge in [-0.25, -0.2) is 9.59 Å². The summed E-state index contributed by atoms with van der Waals surface area (Å²) in [6.45, 7) is -1.14. The highest BCUT2D eigenvalue weighted by Gasteiger charge is 2.20. The third kappa shape index (κ3) is 7.96. The van der Waals surface area contributed by atoms with E-state index in [1.807, 2.05) is 5.32 Å². The molecule has 0 radical (unpaired) electrons. The summed E-state index contributed by atoms with van der Waals surface area (Å²) in [7, 11) is 1.13. The summed E-state index contributed by atoms with van der Waals surface area (Å²) in [5.41, 5.74) is 0.242. The zero-order chi connectivity index (χ0) is 20.2. The van der Waals surface area contributed by atoms with Crippen LogP contribution in [0.15, 0.2) is 24.5 Å². The van der Waals surface area contributed by atoms with E-state index in [1.54, 1.807) is 0 Å². The number of aliphatic carboxylic acids is 1. The van der Waals surface area contributed by atoms with Gasteiger partial charge in [-0.2, -0.15) is 14.2 Å². The number of aliphatic hydroxyl groups is 1. The number of amides is 2. The first-order valence-corrected chi connectivity index (χ1v) is 7.56. The molecule has 13 heteroatoms. The highest BCUT2D eigenvalue weighted by molar-refractivity contribution is 5.93. The molecule has 0 aliphatic heterocycles. The van der Waals surface area contributed by atoms with Gasteiger partial charge in [-0.3, -0.25) is 4.79 Å². The van der Waals surface area contributed by atoms with Crippen LogP contribution in [0.4, 0.5) is 4.79 Å². The van der Waals surface area contributed by atoms with Gasteiger partial charge in [0.2, 0.25) is 0 Å². The van der Waals surface area contributed by atoms with Crippen molar-refractivity contribution in [2.45, 2.75) is 12.8 Å². The van der Waals surface area contributed by atoms with Crippen LogP contribution >= 0.6 is 0 Å². The van der Waals surface area contributed by atoms with E-state index in [2.05, 4.69) is 15.0 Å². The summed E-state index contributed by atoms with van der Waals surface area (Å²) >= 11 is 0. The minimum Gasteiger partial charge on any atom is -0.480 e. The quantitative estimate of drug-likeness (QED) is 0.192. The van der Waals surface area contributed by atoms with Gasteiger partial charge in [0.05, 0.1) is 13.2 Å². The van der Waals surface area contributed by atoms with Crippen molar-refractivity contribution in [1.29, 1.82) is 0 Å². The van der Waals surface area contributed by atoms with E-state index in [1.165, 1.54) is 29.1 Å². The number of alkyl carbamates (subject to hydrolysis) is 1. The molecule has 1 unspecified atom stereocenters. The number of carbonyl (C=O) groups is 3. The van der Waals surface area contributed by atoms with Crippen molar-refractivity contribution in [2.75, 3.05) is 26.9 Å². The molecule has 0 fully saturated rings. The molecule has 2 amide bonds. The molecule has 1 aromatic rings. The van der Waals surface area contributed by atoms with E-state index in [-0.39, 0.29) is 30.5 Å². The molecule has 13 nitrogen and oxygen atoms in total. The van der Waals surface area contributed by atoms with Crippen molar-refractivity contribution >= 4 is 18.0 Å². The Morgan fingerprint density at radius 2 is 2.11 bits per heavy atom. The third-order valence-corrected chi connectivity index (χ3v) is 2.97. The summed E-state index contributed by atoms with van der Waals surface area (Å²) in [5.74, 6) is -1.87. The SMILES string of the molecule is CO[N+](=O)OCCNC(=O)c1ccc[n+](COC(=O)NC(CO)C(=O)O)c1. The lowest BCUT2D eigenvalue weighted by Gasteiger charge is -2.10. The fourth-order valence-corrected chi connectivity index (χ4v) is 1.68. The van der Waals surface area contributed by atoms with Gasteiger partial charge in [-0.05, 0) is 6.07 Å². The standard InChI is InChI=1S/C14H18N4O9/c1-25-18(24)27-6-4-15-12(20)10-3-2-5-17(7-10)9-26-14(23)16-11(8-19)13(21)22/h2-3,5,7,11,19H,4,6,8-9H2,1H3,(H-2,15,16,20,21,22,23)/p+2. The number of carboxylic acid groups (broad SMARTS) is 1. The van der Waals surface area contributed by atoms with Gasteiger partial charge in [0.25, 0.3) is 12.6 Å². The lowest BCUT2D eigenvalue weighted by atomic mass is 10.2. The topological polar surface area (TPSA) is 167 Å². The molecule has 1 heterocycles. The second-order valence-electron chi connectivity index (χ2n) is 4.88. The van der Waals surface area contributed by atoms with Crippen molar-refractivity contribution in [3.8, 4) is 0 Å². The largest absolute Gasteiger partial charge is 0.480 e. The minimum absolute atomic E-state index is 0.0481. The van der Waals surface area contributed by atoms with Gasteiger partial charge in [-0.1, -0.05) is 0 Å². The summed E-state index contributed by atoms with van der Waals surface area (Å²) in [4.78, 5) is 53.6. The average Bonchev–Trinajstić information content (AvgIpc) is 2.67. The number of carboxylic acids is 1. The van der Waals surface area contributed by atoms with Gasteiger partial charge in [0.15, 0.2) is 32.2 Å². The van der Waals surface area contributed by atoms with Gasteiger partial charge < -0.3 is 25.6 Å². The highest BCUT2D eigenvalue weighted by Crippen LogP contribution is 1.95. The molecule has 0 aliphatic carbocycles. The number of nitrogens with zero attached hydrogens (tertiary/aromatic N) is 2. The van der Waals surface area contributed by atoms with E-state index in [4.69, 9.17) is 14.9 Å². The molecule has 4 N–H and O–H groups in total. The Morgan fingerprint density at radius 1 is 1.37 bits per heavy atom. The maximum atomic E-state index is 12.0. The molecule has 1 atom stereocenters. The van der Waals surface area contributed by atoms with Gasteiger partial charge >= 0.3 is 17.1 Å². The van der Waals surface area contributed by atoms with Crippen LogP contribution in [0.3, 0.4) is 0 Å². The molecular weight excluding hydrogens is 368 g/mol. The molecule has 1 rings (SSSR count). The number of hydrogen-bond acceptors (Lipinski definition) is 8.